The molecule has 3 nitrogen and oxygen atoms in total. The summed E-state index contributed by atoms with van der Waals surface area (Å²) >= 11 is 6.70. The Balaban J connectivity index is 2.06. The zero-order chi connectivity index (χ0) is 14.5. The summed E-state index contributed by atoms with van der Waals surface area (Å²) < 4.78 is 1.67. The molecule has 2 rings (SSSR count). The van der Waals surface area contributed by atoms with E-state index >= 15 is 0 Å². The summed E-state index contributed by atoms with van der Waals surface area (Å²) in [6.07, 6.45) is 0. The van der Waals surface area contributed by atoms with Crippen molar-refractivity contribution >= 4 is 37.8 Å². The van der Waals surface area contributed by atoms with Crippen molar-refractivity contribution in [2.24, 2.45) is 0 Å². The SMILES string of the molecule is N#Cc1cccc(CNC(=O)c2cc(Br)cc(Br)c2)c1. The van der Waals surface area contributed by atoms with E-state index in [9.17, 15) is 4.79 Å². The molecule has 5 heteroatoms. The first-order chi connectivity index (χ1) is 9.58. The zero-order valence-electron chi connectivity index (χ0n) is 10.4. The Kier molecular flexibility index (Phi) is 4.94. The van der Waals surface area contributed by atoms with E-state index in [0.29, 0.717) is 17.7 Å². The minimum absolute atomic E-state index is 0.158. The Morgan fingerprint density at radius 3 is 2.50 bits per heavy atom. The molecular formula is C15H10Br2N2O. The highest BCUT2D eigenvalue weighted by atomic mass is 79.9. The molecular weight excluding hydrogens is 384 g/mol. The van der Waals surface area contributed by atoms with E-state index in [2.05, 4.69) is 43.2 Å². The van der Waals surface area contributed by atoms with Gasteiger partial charge in [0.05, 0.1) is 11.6 Å². The molecule has 0 saturated heterocycles. The van der Waals surface area contributed by atoms with Crippen molar-refractivity contribution in [1.82, 2.24) is 5.32 Å². The van der Waals surface area contributed by atoms with Crippen LogP contribution in [0.5, 0.6) is 0 Å². The second-order valence-electron chi connectivity index (χ2n) is 4.15. The largest absolute Gasteiger partial charge is 0.348 e. The number of nitriles is 1. The van der Waals surface area contributed by atoms with Gasteiger partial charge in [-0.3, -0.25) is 4.79 Å². The Bertz CT molecular complexity index is 672. The Labute approximate surface area is 133 Å². The molecule has 100 valence electrons. The van der Waals surface area contributed by atoms with Crippen molar-refractivity contribution in [3.05, 3.63) is 68.1 Å². The van der Waals surface area contributed by atoms with Gasteiger partial charge in [0.15, 0.2) is 0 Å². The minimum Gasteiger partial charge on any atom is -0.348 e. The van der Waals surface area contributed by atoms with E-state index in [1.54, 1.807) is 30.3 Å². The molecule has 0 fully saturated rings. The molecule has 0 bridgehead atoms. The minimum atomic E-state index is -0.158. The maximum atomic E-state index is 12.1. The van der Waals surface area contributed by atoms with Crippen LogP contribution in [-0.2, 0) is 6.54 Å². The van der Waals surface area contributed by atoms with Gasteiger partial charge in [0.2, 0.25) is 0 Å². The molecule has 20 heavy (non-hydrogen) atoms. The van der Waals surface area contributed by atoms with E-state index in [0.717, 1.165) is 14.5 Å². The maximum Gasteiger partial charge on any atom is 0.251 e. The summed E-state index contributed by atoms with van der Waals surface area (Å²) in [6, 6.07) is 14.6. The first-order valence-electron chi connectivity index (χ1n) is 5.82. The van der Waals surface area contributed by atoms with Crippen LogP contribution in [0, 0.1) is 11.3 Å². The number of hydrogen-bond donors (Lipinski definition) is 1. The first kappa shape index (κ1) is 14.8. The predicted octanol–water partition coefficient (Wildman–Crippen LogP) is 4.01. The summed E-state index contributed by atoms with van der Waals surface area (Å²) in [6.45, 7) is 0.387. The Morgan fingerprint density at radius 2 is 1.85 bits per heavy atom. The van der Waals surface area contributed by atoms with Crippen molar-refractivity contribution in [1.29, 1.82) is 5.26 Å². The monoisotopic (exact) mass is 392 g/mol. The number of halogens is 2. The highest BCUT2D eigenvalue weighted by molar-refractivity contribution is 9.11. The third-order valence-corrected chi connectivity index (χ3v) is 3.55. The summed E-state index contributed by atoms with van der Waals surface area (Å²) in [7, 11) is 0. The van der Waals surface area contributed by atoms with Crippen LogP contribution >= 0.6 is 31.9 Å². The van der Waals surface area contributed by atoms with Gasteiger partial charge >= 0.3 is 0 Å². The van der Waals surface area contributed by atoms with Gasteiger partial charge in [-0.1, -0.05) is 44.0 Å². The molecule has 0 spiro atoms. The van der Waals surface area contributed by atoms with Crippen molar-refractivity contribution < 1.29 is 4.79 Å². The fourth-order valence-corrected chi connectivity index (χ4v) is 3.01. The van der Waals surface area contributed by atoms with Crippen molar-refractivity contribution in [2.45, 2.75) is 6.54 Å². The van der Waals surface area contributed by atoms with Gasteiger partial charge in [0, 0.05) is 21.1 Å². The third kappa shape index (κ3) is 3.92. The topological polar surface area (TPSA) is 52.9 Å². The average molecular weight is 394 g/mol. The van der Waals surface area contributed by atoms with E-state index < -0.39 is 0 Å². The summed E-state index contributed by atoms with van der Waals surface area (Å²) in [5.41, 5.74) is 2.05. The number of benzene rings is 2. The molecule has 0 unspecified atom stereocenters. The normalized spacial score (nSPS) is 9.85. The van der Waals surface area contributed by atoms with Gasteiger partial charge < -0.3 is 5.32 Å². The van der Waals surface area contributed by atoms with Gasteiger partial charge in [-0.05, 0) is 35.9 Å². The predicted molar refractivity (Wildman–Crippen MR) is 84.2 cm³/mol. The van der Waals surface area contributed by atoms with Crippen LogP contribution in [0.15, 0.2) is 51.4 Å². The third-order valence-electron chi connectivity index (χ3n) is 2.63. The number of carbonyl (C=O) groups excluding carboxylic acids is 1. The second-order valence-corrected chi connectivity index (χ2v) is 5.98. The van der Waals surface area contributed by atoms with Crippen molar-refractivity contribution in [2.75, 3.05) is 0 Å². The van der Waals surface area contributed by atoms with Crippen LogP contribution in [-0.4, -0.2) is 5.91 Å². The molecule has 2 aromatic rings. The molecule has 2 aromatic carbocycles. The summed E-state index contributed by atoms with van der Waals surface area (Å²) in [5.74, 6) is -0.158. The number of rotatable bonds is 3. The van der Waals surface area contributed by atoms with E-state index in [1.165, 1.54) is 0 Å². The quantitative estimate of drug-likeness (QED) is 0.856. The summed E-state index contributed by atoms with van der Waals surface area (Å²) in [5, 5.41) is 11.7. The molecule has 0 aliphatic carbocycles. The zero-order valence-corrected chi connectivity index (χ0v) is 13.5. The van der Waals surface area contributed by atoms with Crippen molar-refractivity contribution in [3.8, 4) is 6.07 Å². The maximum absolute atomic E-state index is 12.1. The molecule has 0 aliphatic rings. The molecule has 0 saturated carbocycles. The lowest BCUT2D eigenvalue weighted by Crippen LogP contribution is -2.22. The molecule has 0 radical (unpaired) electrons. The fraction of sp³-hybridized carbons (Fsp3) is 0.0667. The lowest BCUT2D eigenvalue weighted by atomic mass is 10.1. The van der Waals surface area contributed by atoms with Crippen LogP contribution in [0.2, 0.25) is 0 Å². The number of nitrogens with zero attached hydrogens (tertiary/aromatic N) is 1. The molecule has 0 atom stereocenters. The first-order valence-corrected chi connectivity index (χ1v) is 7.40. The highest BCUT2D eigenvalue weighted by Crippen LogP contribution is 2.20. The van der Waals surface area contributed by atoms with Crippen LogP contribution in [0.1, 0.15) is 21.5 Å². The van der Waals surface area contributed by atoms with Gasteiger partial charge in [-0.2, -0.15) is 5.26 Å². The van der Waals surface area contributed by atoms with Gasteiger partial charge in [0.25, 0.3) is 5.91 Å². The van der Waals surface area contributed by atoms with Crippen LogP contribution in [0.25, 0.3) is 0 Å². The van der Waals surface area contributed by atoms with E-state index in [4.69, 9.17) is 5.26 Å². The van der Waals surface area contributed by atoms with Crippen molar-refractivity contribution in [3.63, 3.8) is 0 Å². The number of amides is 1. The Hall–Kier alpha value is -1.64. The molecule has 0 aromatic heterocycles. The van der Waals surface area contributed by atoms with Gasteiger partial charge in [-0.15, -0.1) is 0 Å². The van der Waals surface area contributed by atoms with Gasteiger partial charge in [-0.25, -0.2) is 0 Å². The van der Waals surface area contributed by atoms with Gasteiger partial charge in [0.1, 0.15) is 0 Å². The van der Waals surface area contributed by atoms with E-state index in [1.807, 2.05) is 12.1 Å². The standard InChI is InChI=1S/C15H10Br2N2O/c16-13-5-12(6-14(17)7-13)15(20)19-9-11-3-1-2-10(4-11)8-18/h1-7H,9H2,(H,19,20). The molecule has 1 N–H and O–H groups in total. The highest BCUT2D eigenvalue weighted by Gasteiger charge is 2.07. The number of nitrogens with one attached hydrogen (secondary N) is 1. The van der Waals surface area contributed by atoms with Crippen LogP contribution < -0.4 is 5.32 Å². The molecule has 0 aliphatic heterocycles. The smallest absolute Gasteiger partial charge is 0.251 e. The summed E-state index contributed by atoms with van der Waals surface area (Å²) in [4.78, 5) is 12.1. The van der Waals surface area contributed by atoms with Crippen LogP contribution in [0.3, 0.4) is 0 Å². The lowest BCUT2D eigenvalue weighted by molar-refractivity contribution is 0.0951. The average Bonchev–Trinajstić information content (AvgIpc) is 2.44. The number of hydrogen-bond acceptors (Lipinski definition) is 2. The molecule has 1 amide bonds. The lowest BCUT2D eigenvalue weighted by Gasteiger charge is -2.07. The Morgan fingerprint density at radius 1 is 1.15 bits per heavy atom. The number of carbonyl (C=O) groups is 1. The second kappa shape index (κ2) is 6.69. The fourth-order valence-electron chi connectivity index (χ4n) is 1.72. The van der Waals surface area contributed by atoms with E-state index in [-0.39, 0.29) is 5.91 Å². The molecule has 0 heterocycles. The van der Waals surface area contributed by atoms with Crippen LogP contribution in [0.4, 0.5) is 0 Å².